The fourth-order valence-corrected chi connectivity index (χ4v) is 4.31. The molecular weight excluding hydrogens is 383 g/mol. The second kappa shape index (κ2) is 10.4. The first-order valence-electron chi connectivity index (χ1n) is 10.3. The van der Waals surface area contributed by atoms with E-state index >= 15 is 0 Å². The highest BCUT2D eigenvalue weighted by molar-refractivity contribution is 5.97. The lowest BCUT2D eigenvalue weighted by Crippen LogP contribution is -2.48. The number of nitrogen functional groups attached to an aromatic ring is 1. The number of piperidine rings is 2. The van der Waals surface area contributed by atoms with Crippen LogP contribution in [0.5, 0.6) is 0 Å². The summed E-state index contributed by atoms with van der Waals surface area (Å²) in [5, 5.41) is 15.0. The minimum absolute atomic E-state index is 0.0764. The van der Waals surface area contributed by atoms with Crippen molar-refractivity contribution in [3.05, 3.63) is 46.8 Å². The van der Waals surface area contributed by atoms with Gasteiger partial charge in [0.25, 0.3) is 8.05 Å². The van der Waals surface area contributed by atoms with Gasteiger partial charge in [0.15, 0.2) is 0 Å². The molecule has 0 aliphatic carbocycles. The van der Waals surface area contributed by atoms with Crippen LogP contribution in [0.1, 0.15) is 31.7 Å². The van der Waals surface area contributed by atoms with Crippen LogP contribution in [0.15, 0.2) is 36.7 Å². The molecule has 2 N–H and O–H groups in total. The molecule has 0 atom stereocenters. The van der Waals surface area contributed by atoms with Crippen LogP contribution in [-0.2, 0) is 4.65 Å². The Hall–Kier alpha value is -2.59. The number of aromatic nitrogens is 2. The van der Waals surface area contributed by atoms with Crippen LogP contribution < -0.4 is 10.6 Å². The van der Waals surface area contributed by atoms with Gasteiger partial charge in [-0.15, -0.1) is 0 Å². The number of nitrogens with two attached hydrogens (primary N) is 1. The fraction of sp³-hybridized carbons (Fsp3) is 0.550. The van der Waals surface area contributed by atoms with Crippen molar-refractivity contribution in [1.82, 2.24) is 14.7 Å². The van der Waals surface area contributed by atoms with E-state index < -0.39 is 0 Å². The van der Waals surface area contributed by atoms with Gasteiger partial charge in [-0.05, 0) is 49.9 Å². The van der Waals surface area contributed by atoms with Gasteiger partial charge >= 0.3 is 5.69 Å². The van der Waals surface area contributed by atoms with Gasteiger partial charge in [0, 0.05) is 50.7 Å². The number of rotatable bonds is 4. The summed E-state index contributed by atoms with van der Waals surface area (Å²) in [5.74, 6) is 0. The molecular formula is C20H29BN6O3. The third-order valence-electron chi connectivity index (χ3n) is 5.91. The highest BCUT2D eigenvalue weighted by Crippen LogP contribution is 2.29. The molecule has 2 saturated heterocycles. The van der Waals surface area contributed by atoms with Crippen LogP contribution >= 0.6 is 0 Å². The van der Waals surface area contributed by atoms with Gasteiger partial charge in [0.2, 0.25) is 0 Å². The van der Waals surface area contributed by atoms with Gasteiger partial charge in [-0.3, -0.25) is 14.8 Å². The van der Waals surface area contributed by atoms with Crippen molar-refractivity contribution in [3.63, 3.8) is 0 Å². The first-order chi connectivity index (χ1) is 14.5. The van der Waals surface area contributed by atoms with Gasteiger partial charge in [0.1, 0.15) is 12.4 Å². The predicted octanol–water partition coefficient (Wildman–Crippen LogP) is 2.40. The van der Waals surface area contributed by atoms with Crippen LogP contribution in [-0.4, -0.2) is 67.0 Å². The smallest absolute Gasteiger partial charge is 0.307 e. The largest absolute Gasteiger partial charge is 0.450 e. The third kappa shape index (κ3) is 5.51. The van der Waals surface area contributed by atoms with E-state index in [-0.39, 0.29) is 16.7 Å². The summed E-state index contributed by atoms with van der Waals surface area (Å²) < 4.78 is 5.53. The average molecular weight is 412 g/mol. The van der Waals surface area contributed by atoms with E-state index in [1.165, 1.54) is 31.8 Å². The van der Waals surface area contributed by atoms with Crippen molar-refractivity contribution in [2.75, 3.05) is 43.9 Å². The lowest BCUT2D eigenvalue weighted by atomic mass is 9.97. The Morgan fingerprint density at radius 1 is 1.10 bits per heavy atom. The molecule has 9 nitrogen and oxygen atoms in total. The van der Waals surface area contributed by atoms with E-state index in [0.717, 1.165) is 44.7 Å². The molecule has 1 aromatic heterocycles. The van der Waals surface area contributed by atoms with Gasteiger partial charge in [-0.2, -0.15) is 5.10 Å². The lowest BCUT2D eigenvalue weighted by molar-refractivity contribution is -0.385. The summed E-state index contributed by atoms with van der Waals surface area (Å²) in [4.78, 5) is 15.5. The summed E-state index contributed by atoms with van der Waals surface area (Å²) in [5.41, 5.74) is 7.91. The molecule has 10 heteroatoms. The van der Waals surface area contributed by atoms with Crippen LogP contribution in [0.2, 0.25) is 0 Å². The summed E-state index contributed by atoms with van der Waals surface area (Å²) in [7, 11) is 5.75. The van der Waals surface area contributed by atoms with Crippen molar-refractivity contribution in [2.45, 2.75) is 37.8 Å². The van der Waals surface area contributed by atoms with Crippen molar-refractivity contribution in [3.8, 4) is 0 Å². The molecule has 2 radical (unpaired) electrons. The second-order valence-corrected chi connectivity index (χ2v) is 7.75. The summed E-state index contributed by atoms with van der Waals surface area (Å²) in [6.07, 6.45) is 7.24. The van der Waals surface area contributed by atoms with E-state index in [4.69, 9.17) is 5.73 Å². The first kappa shape index (κ1) is 22.1. The van der Waals surface area contributed by atoms with E-state index in [1.807, 2.05) is 12.1 Å². The molecule has 0 bridgehead atoms. The standard InChI is InChI=1S/C19H26N6O2.CH3BO/c20-15-1-3-16(4-2-15)22-9-5-17(6-10-22)23-11-7-18(8-12-23)24-14-19(13-21-24)25(26)27;1-3-2/h1-4,13-14,17-18H,5-12,20H2;1H3. The van der Waals surface area contributed by atoms with Crippen LogP contribution in [0.25, 0.3) is 0 Å². The van der Waals surface area contributed by atoms with E-state index in [1.54, 1.807) is 10.9 Å². The Morgan fingerprint density at radius 3 is 2.20 bits per heavy atom. The molecule has 2 fully saturated rings. The Bertz CT molecular complexity index is 799. The Balaban J connectivity index is 0.000000806. The fourth-order valence-electron chi connectivity index (χ4n) is 4.31. The van der Waals surface area contributed by atoms with Gasteiger partial charge in [0.05, 0.1) is 11.0 Å². The molecule has 0 amide bonds. The zero-order valence-electron chi connectivity index (χ0n) is 17.4. The number of nitro groups is 1. The zero-order valence-corrected chi connectivity index (χ0v) is 17.4. The lowest BCUT2D eigenvalue weighted by Gasteiger charge is -2.42. The van der Waals surface area contributed by atoms with Gasteiger partial charge < -0.3 is 20.2 Å². The van der Waals surface area contributed by atoms with Crippen molar-refractivity contribution in [2.24, 2.45) is 0 Å². The molecule has 1 aromatic carbocycles. The Morgan fingerprint density at radius 2 is 1.67 bits per heavy atom. The topological polar surface area (TPSA) is 103 Å². The molecule has 0 saturated carbocycles. The van der Waals surface area contributed by atoms with Crippen molar-refractivity contribution in [1.29, 1.82) is 0 Å². The molecule has 2 aliphatic rings. The van der Waals surface area contributed by atoms with Crippen LogP contribution in [0.4, 0.5) is 17.1 Å². The molecule has 2 aromatic rings. The minimum Gasteiger partial charge on any atom is -0.450 e. The normalized spacial score (nSPS) is 18.6. The highest BCUT2D eigenvalue weighted by Gasteiger charge is 2.29. The van der Waals surface area contributed by atoms with Crippen molar-refractivity contribution >= 4 is 25.1 Å². The van der Waals surface area contributed by atoms with Gasteiger partial charge in [-0.1, -0.05) is 0 Å². The number of likely N-dealkylation sites (tertiary alicyclic amines) is 1. The van der Waals surface area contributed by atoms with E-state index in [0.29, 0.717) is 6.04 Å². The monoisotopic (exact) mass is 412 g/mol. The summed E-state index contributed by atoms with van der Waals surface area (Å²) in [6, 6.07) is 9.03. The van der Waals surface area contributed by atoms with Crippen LogP contribution in [0, 0.1) is 10.1 Å². The maximum atomic E-state index is 10.8. The van der Waals surface area contributed by atoms with E-state index in [2.05, 4.69) is 39.7 Å². The van der Waals surface area contributed by atoms with Crippen molar-refractivity contribution < 1.29 is 9.58 Å². The predicted molar refractivity (Wildman–Crippen MR) is 118 cm³/mol. The second-order valence-electron chi connectivity index (χ2n) is 7.75. The maximum absolute atomic E-state index is 10.8. The van der Waals surface area contributed by atoms with Gasteiger partial charge in [-0.25, -0.2) is 0 Å². The number of hydrogen-bond donors (Lipinski definition) is 1. The SMILES string of the molecule is Nc1ccc(N2CCC(N3CCC(n4cc([N+](=O)[O-])cn4)CC3)CC2)cc1.[B]OC. The molecule has 0 unspecified atom stereocenters. The zero-order chi connectivity index (χ0) is 21.5. The molecule has 30 heavy (non-hydrogen) atoms. The molecule has 3 heterocycles. The Kier molecular flexibility index (Phi) is 7.70. The van der Waals surface area contributed by atoms with Crippen LogP contribution in [0.3, 0.4) is 0 Å². The summed E-state index contributed by atoms with van der Waals surface area (Å²) in [6.45, 7) is 4.20. The minimum atomic E-state index is -0.381. The third-order valence-corrected chi connectivity index (χ3v) is 5.91. The molecule has 2 aliphatic heterocycles. The summed E-state index contributed by atoms with van der Waals surface area (Å²) >= 11 is 0. The average Bonchev–Trinajstić information content (AvgIpc) is 3.26. The first-order valence-corrected chi connectivity index (χ1v) is 10.3. The quantitative estimate of drug-likeness (QED) is 0.356. The molecule has 0 spiro atoms. The molecule has 4 rings (SSSR count). The Labute approximate surface area is 178 Å². The maximum Gasteiger partial charge on any atom is 0.307 e. The number of hydrogen-bond acceptors (Lipinski definition) is 7. The van der Waals surface area contributed by atoms with E-state index in [9.17, 15) is 10.1 Å². The highest BCUT2D eigenvalue weighted by atomic mass is 16.6. The number of benzene rings is 1. The number of nitrogens with zero attached hydrogens (tertiary/aromatic N) is 5. The number of anilines is 2. The molecule has 160 valence electrons.